The van der Waals surface area contributed by atoms with Crippen molar-refractivity contribution in [2.75, 3.05) is 14.2 Å². The van der Waals surface area contributed by atoms with Gasteiger partial charge in [-0.2, -0.15) is 0 Å². The van der Waals surface area contributed by atoms with E-state index in [1.54, 1.807) is 19.2 Å². The van der Waals surface area contributed by atoms with Crippen LogP contribution in [0.3, 0.4) is 0 Å². The molecule has 1 aromatic rings. The second-order valence-corrected chi connectivity index (χ2v) is 2.92. The summed E-state index contributed by atoms with van der Waals surface area (Å²) < 4.78 is 10.0. The maximum absolute atomic E-state index is 10.9. The number of Topliss-reactive ketones (excluding diaryl/α,β-unsaturated/α-hetero) is 1. The summed E-state index contributed by atoms with van der Waals surface area (Å²) in [5.41, 5.74) is 0.661. The van der Waals surface area contributed by atoms with Gasteiger partial charge in [0.15, 0.2) is 0 Å². The van der Waals surface area contributed by atoms with Gasteiger partial charge in [-0.05, 0) is 6.92 Å². The van der Waals surface area contributed by atoms with Gasteiger partial charge in [-0.25, -0.2) is 4.98 Å². The molecule has 1 rings (SSSR count). The lowest BCUT2D eigenvalue weighted by atomic mass is 10.2. The van der Waals surface area contributed by atoms with Crippen molar-refractivity contribution in [1.29, 1.82) is 0 Å². The van der Waals surface area contributed by atoms with Crippen LogP contribution in [0.1, 0.15) is 12.6 Å². The first-order valence-electron chi connectivity index (χ1n) is 4.24. The fourth-order valence-corrected chi connectivity index (χ4v) is 1.10. The van der Waals surface area contributed by atoms with Crippen LogP contribution in [0.25, 0.3) is 0 Å². The highest BCUT2D eigenvalue weighted by atomic mass is 16.5. The molecule has 76 valence electrons. The fraction of sp³-hybridized carbons (Fsp3) is 0.400. The molecule has 0 atom stereocenters. The molecular weight excluding hydrogens is 182 g/mol. The Labute approximate surface area is 82.9 Å². The number of rotatable bonds is 4. The van der Waals surface area contributed by atoms with Gasteiger partial charge in [0.05, 0.1) is 19.9 Å². The zero-order valence-electron chi connectivity index (χ0n) is 8.53. The Balaban J connectivity index is 2.98. The van der Waals surface area contributed by atoms with E-state index in [9.17, 15) is 4.79 Å². The highest BCUT2D eigenvalue weighted by Gasteiger charge is 2.05. The number of nitrogens with zero attached hydrogens (tertiary/aromatic N) is 1. The summed E-state index contributed by atoms with van der Waals surface area (Å²) in [4.78, 5) is 15.0. The minimum atomic E-state index is 0.0628. The van der Waals surface area contributed by atoms with Gasteiger partial charge >= 0.3 is 0 Å². The third-order valence-corrected chi connectivity index (χ3v) is 1.70. The van der Waals surface area contributed by atoms with Crippen LogP contribution < -0.4 is 9.47 Å². The minimum absolute atomic E-state index is 0.0628. The predicted molar refractivity (Wildman–Crippen MR) is 51.7 cm³/mol. The van der Waals surface area contributed by atoms with Crippen molar-refractivity contribution in [1.82, 2.24) is 4.98 Å². The van der Waals surface area contributed by atoms with Gasteiger partial charge in [-0.15, -0.1) is 0 Å². The van der Waals surface area contributed by atoms with Crippen molar-refractivity contribution in [2.24, 2.45) is 0 Å². The molecule has 0 aliphatic carbocycles. The molecule has 4 heteroatoms. The molecule has 0 fully saturated rings. The van der Waals surface area contributed by atoms with Crippen LogP contribution in [0, 0.1) is 0 Å². The van der Waals surface area contributed by atoms with Crippen molar-refractivity contribution in [3.05, 3.63) is 17.8 Å². The fourth-order valence-electron chi connectivity index (χ4n) is 1.10. The number of carbonyl (C=O) groups excluding carboxylic acids is 1. The van der Waals surface area contributed by atoms with E-state index in [2.05, 4.69) is 4.98 Å². The predicted octanol–water partition coefficient (Wildman–Crippen LogP) is 1.23. The van der Waals surface area contributed by atoms with E-state index >= 15 is 0 Å². The molecule has 0 bridgehead atoms. The van der Waals surface area contributed by atoms with Gasteiger partial charge in [0, 0.05) is 18.6 Å². The zero-order chi connectivity index (χ0) is 10.6. The molecule has 0 aromatic carbocycles. The Morgan fingerprint density at radius 3 is 2.57 bits per heavy atom. The molecular formula is C10H13NO3. The van der Waals surface area contributed by atoms with E-state index in [0.29, 0.717) is 23.7 Å². The first-order chi connectivity index (χ1) is 6.65. The van der Waals surface area contributed by atoms with Crippen molar-refractivity contribution in [3.8, 4) is 11.6 Å². The summed E-state index contributed by atoms with van der Waals surface area (Å²) in [6.07, 6.45) is 0.299. The van der Waals surface area contributed by atoms with Crippen LogP contribution in [0.2, 0.25) is 0 Å². The molecule has 0 saturated carbocycles. The number of hydrogen-bond acceptors (Lipinski definition) is 4. The first kappa shape index (κ1) is 10.5. The number of pyridine rings is 1. The number of hydrogen-bond donors (Lipinski definition) is 0. The number of ketones is 1. The van der Waals surface area contributed by atoms with Crippen molar-refractivity contribution >= 4 is 5.78 Å². The molecule has 0 unspecified atom stereocenters. The second-order valence-electron chi connectivity index (χ2n) is 2.92. The molecule has 0 aliphatic heterocycles. The summed E-state index contributed by atoms with van der Waals surface area (Å²) >= 11 is 0. The summed E-state index contributed by atoms with van der Waals surface area (Å²) in [6, 6.07) is 3.40. The van der Waals surface area contributed by atoms with Crippen molar-refractivity contribution in [2.45, 2.75) is 13.3 Å². The van der Waals surface area contributed by atoms with Crippen molar-refractivity contribution in [3.63, 3.8) is 0 Å². The molecule has 0 amide bonds. The molecule has 14 heavy (non-hydrogen) atoms. The molecule has 0 spiro atoms. The van der Waals surface area contributed by atoms with Gasteiger partial charge in [0.25, 0.3) is 0 Å². The van der Waals surface area contributed by atoms with E-state index in [1.165, 1.54) is 14.0 Å². The smallest absolute Gasteiger partial charge is 0.216 e. The van der Waals surface area contributed by atoms with E-state index in [-0.39, 0.29) is 5.78 Å². The largest absolute Gasteiger partial charge is 0.496 e. The third kappa shape index (κ3) is 2.73. The van der Waals surface area contributed by atoms with Crippen LogP contribution in [0.5, 0.6) is 11.6 Å². The van der Waals surface area contributed by atoms with E-state index < -0.39 is 0 Å². The Morgan fingerprint density at radius 1 is 1.36 bits per heavy atom. The Morgan fingerprint density at radius 2 is 2.07 bits per heavy atom. The number of aromatic nitrogens is 1. The Kier molecular flexibility index (Phi) is 3.45. The maximum Gasteiger partial charge on any atom is 0.216 e. The van der Waals surface area contributed by atoms with E-state index in [4.69, 9.17) is 9.47 Å². The van der Waals surface area contributed by atoms with E-state index in [1.807, 2.05) is 0 Å². The Bertz CT molecular complexity index is 314. The summed E-state index contributed by atoms with van der Waals surface area (Å²) in [7, 11) is 3.09. The van der Waals surface area contributed by atoms with E-state index in [0.717, 1.165) is 0 Å². The van der Waals surface area contributed by atoms with Crippen molar-refractivity contribution < 1.29 is 14.3 Å². The quantitative estimate of drug-likeness (QED) is 0.725. The minimum Gasteiger partial charge on any atom is -0.496 e. The molecule has 0 saturated heterocycles. The van der Waals surface area contributed by atoms with Crippen LogP contribution >= 0.6 is 0 Å². The average Bonchev–Trinajstić information content (AvgIpc) is 2.16. The Hall–Kier alpha value is -1.58. The van der Waals surface area contributed by atoms with Crippen LogP contribution in [-0.4, -0.2) is 25.0 Å². The molecule has 4 nitrogen and oxygen atoms in total. The van der Waals surface area contributed by atoms with Gasteiger partial charge in [-0.3, -0.25) is 4.79 Å². The lowest BCUT2D eigenvalue weighted by molar-refractivity contribution is -0.116. The number of carbonyl (C=O) groups is 1. The van der Waals surface area contributed by atoms with Gasteiger partial charge in [-0.1, -0.05) is 0 Å². The summed E-state index contributed by atoms with van der Waals surface area (Å²) in [6.45, 7) is 1.52. The normalized spacial score (nSPS) is 9.64. The number of methoxy groups -OCH3 is 2. The standard InChI is InChI=1S/C10H13NO3/c1-7(12)4-8-5-9(13-2)6-10(11-8)14-3/h5-6H,4H2,1-3H3. The molecule has 0 radical (unpaired) electrons. The molecule has 0 N–H and O–H groups in total. The molecule has 0 aliphatic rings. The molecule has 1 aromatic heterocycles. The van der Waals surface area contributed by atoms with Gasteiger partial charge in [0.2, 0.25) is 5.88 Å². The monoisotopic (exact) mass is 195 g/mol. The third-order valence-electron chi connectivity index (χ3n) is 1.70. The van der Waals surface area contributed by atoms with Crippen LogP contribution in [0.4, 0.5) is 0 Å². The van der Waals surface area contributed by atoms with Crippen LogP contribution in [-0.2, 0) is 11.2 Å². The maximum atomic E-state index is 10.9. The lowest BCUT2D eigenvalue weighted by Gasteiger charge is -2.05. The van der Waals surface area contributed by atoms with Crippen LogP contribution in [0.15, 0.2) is 12.1 Å². The topological polar surface area (TPSA) is 48.4 Å². The average molecular weight is 195 g/mol. The first-order valence-corrected chi connectivity index (χ1v) is 4.24. The summed E-state index contributed by atoms with van der Waals surface area (Å²) in [5.74, 6) is 1.17. The van der Waals surface area contributed by atoms with Gasteiger partial charge < -0.3 is 9.47 Å². The zero-order valence-corrected chi connectivity index (χ0v) is 8.53. The van der Waals surface area contributed by atoms with Gasteiger partial charge in [0.1, 0.15) is 11.5 Å². The molecule has 1 heterocycles. The second kappa shape index (κ2) is 4.60. The lowest BCUT2D eigenvalue weighted by Crippen LogP contribution is -2.01. The highest BCUT2D eigenvalue weighted by Crippen LogP contribution is 2.18. The highest BCUT2D eigenvalue weighted by molar-refractivity contribution is 5.77. The SMILES string of the molecule is COc1cc(CC(C)=O)nc(OC)c1. The summed E-state index contributed by atoms with van der Waals surface area (Å²) in [5, 5.41) is 0. The number of ether oxygens (including phenoxy) is 2.